The number of alkyl halides is 3. The predicted molar refractivity (Wildman–Crippen MR) is 66.2 cm³/mol. The minimum Gasteiger partial charge on any atom is -0.481 e. The Labute approximate surface area is 114 Å². The van der Waals surface area contributed by atoms with Crippen molar-refractivity contribution in [3.8, 4) is 0 Å². The average Bonchev–Trinajstić information content (AvgIpc) is 2.29. The molecule has 0 aromatic heterocycles. The highest BCUT2D eigenvalue weighted by molar-refractivity contribution is 5.70. The van der Waals surface area contributed by atoms with Crippen molar-refractivity contribution in [2.75, 3.05) is 19.7 Å². The molecule has 0 atom stereocenters. The Morgan fingerprint density at radius 2 is 1.80 bits per heavy atom. The van der Waals surface area contributed by atoms with Crippen LogP contribution in [-0.4, -0.2) is 47.0 Å². The smallest absolute Gasteiger partial charge is 0.401 e. The molecule has 1 aromatic rings. The van der Waals surface area contributed by atoms with E-state index >= 15 is 0 Å². The van der Waals surface area contributed by atoms with Crippen LogP contribution in [0, 0.1) is 0 Å². The molecule has 112 valence electrons. The first kappa shape index (κ1) is 16.5. The summed E-state index contributed by atoms with van der Waals surface area (Å²) in [5, 5.41) is 17.6. The molecule has 2 N–H and O–H groups in total. The number of carboxylic acids is 1. The number of benzene rings is 1. The molecular weight excluding hydrogens is 275 g/mol. The third-order valence-corrected chi connectivity index (χ3v) is 2.67. The summed E-state index contributed by atoms with van der Waals surface area (Å²) in [5.74, 6) is -1.04. The van der Waals surface area contributed by atoms with Crippen LogP contribution in [0.4, 0.5) is 13.2 Å². The number of rotatable bonds is 7. The van der Waals surface area contributed by atoms with Crippen LogP contribution in [0.2, 0.25) is 0 Å². The molecule has 0 saturated heterocycles. The Balaban J connectivity index is 2.84. The van der Waals surface area contributed by atoms with Gasteiger partial charge in [0.15, 0.2) is 0 Å². The Morgan fingerprint density at radius 3 is 2.30 bits per heavy atom. The summed E-state index contributed by atoms with van der Waals surface area (Å²) in [6.45, 7) is -1.71. The van der Waals surface area contributed by atoms with Crippen molar-refractivity contribution < 1.29 is 28.2 Å². The number of halogens is 3. The van der Waals surface area contributed by atoms with E-state index in [0.717, 1.165) is 4.90 Å². The van der Waals surface area contributed by atoms with Gasteiger partial charge in [-0.1, -0.05) is 24.3 Å². The molecule has 0 spiro atoms. The molecule has 0 fully saturated rings. The lowest BCUT2D eigenvalue weighted by Crippen LogP contribution is -2.36. The number of aliphatic carboxylic acids is 1. The molecule has 0 heterocycles. The lowest BCUT2D eigenvalue weighted by molar-refractivity contribution is -0.148. The van der Waals surface area contributed by atoms with Gasteiger partial charge in [0.1, 0.15) is 0 Å². The van der Waals surface area contributed by atoms with Gasteiger partial charge in [0, 0.05) is 13.1 Å². The van der Waals surface area contributed by atoms with E-state index in [9.17, 15) is 18.0 Å². The second-order valence-corrected chi connectivity index (χ2v) is 4.39. The molecule has 4 nitrogen and oxygen atoms in total. The summed E-state index contributed by atoms with van der Waals surface area (Å²) in [5.41, 5.74) is 0.998. The van der Waals surface area contributed by atoms with E-state index in [1.165, 1.54) is 0 Å². The molecule has 7 heteroatoms. The van der Waals surface area contributed by atoms with Crippen molar-refractivity contribution in [1.82, 2.24) is 4.90 Å². The van der Waals surface area contributed by atoms with Gasteiger partial charge >= 0.3 is 12.1 Å². The third-order valence-electron chi connectivity index (χ3n) is 2.67. The van der Waals surface area contributed by atoms with E-state index in [4.69, 9.17) is 10.2 Å². The average molecular weight is 291 g/mol. The van der Waals surface area contributed by atoms with Crippen LogP contribution < -0.4 is 0 Å². The van der Waals surface area contributed by atoms with Crippen LogP contribution in [0.3, 0.4) is 0 Å². The zero-order chi connectivity index (χ0) is 15.2. The number of hydrogen-bond donors (Lipinski definition) is 2. The van der Waals surface area contributed by atoms with Crippen molar-refractivity contribution in [2.45, 2.75) is 19.1 Å². The number of aliphatic hydroxyl groups is 1. The highest BCUT2D eigenvalue weighted by Crippen LogP contribution is 2.19. The van der Waals surface area contributed by atoms with E-state index in [-0.39, 0.29) is 19.5 Å². The molecule has 0 aliphatic heterocycles. The number of aliphatic hydroxyl groups excluding tert-OH is 1. The van der Waals surface area contributed by atoms with Gasteiger partial charge in [-0.3, -0.25) is 9.69 Å². The van der Waals surface area contributed by atoms with E-state index in [2.05, 4.69) is 0 Å². The lowest BCUT2D eigenvalue weighted by atomic mass is 10.0. The zero-order valence-corrected chi connectivity index (χ0v) is 10.7. The first-order valence-electron chi connectivity index (χ1n) is 6.00. The topological polar surface area (TPSA) is 60.8 Å². The first-order chi connectivity index (χ1) is 9.31. The van der Waals surface area contributed by atoms with Crippen LogP contribution in [0.1, 0.15) is 11.1 Å². The summed E-state index contributed by atoms with van der Waals surface area (Å²) >= 11 is 0. The molecule has 1 aromatic carbocycles. The van der Waals surface area contributed by atoms with Crippen molar-refractivity contribution in [1.29, 1.82) is 0 Å². The SMILES string of the molecule is O=C(O)Cc1ccccc1CN(CCO)CC(F)(F)F. The summed E-state index contributed by atoms with van der Waals surface area (Å²) in [6.07, 6.45) is -4.61. The van der Waals surface area contributed by atoms with Crippen LogP contribution in [0.5, 0.6) is 0 Å². The lowest BCUT2D eigenvalue weighted by Gasteiger charge is -2.23. The molecule has 20 heavy (non-hydrogen) atoms. The zero-order valence-electron chi connectivity index (χ0n) is 10.7. The number of carbonyl (C=O) groups is 1. The number of nitrogens with zero attached hydrogens (tertiary/aromatic N) is 1. The van der Waals surface area contributed by atoms with Crippen LogP contribution >= 0.6 is 0 Å². The van der Waals surface area contributed by atoms with Crippen molar-refractivity contribution in [3.63, 3.8) is 0 Å². The molecule has 0 amide bonds. The summed E-state index contributed by atoms with van der Waals surface area (Å²) < 4.78 is 37.3. The summed E-state index contributed by atoms with van der Waals surface area (Å²) in [7, 11) is 0. The standard InChI is InChI=1S/C13H16F3NO3/c14-13(15,16)9-17(5-6-18)8-11-4-2-1-3-10(11)7-12(19)20/h1-4,18H,5-9H2,(H,19,20). The third kappa shape index (κ3) is 6.03. The fraction of sp³-hybridized carbons (Fsp3) is 0.462. The molecule has 0 radical (unpaired) electrons. The fourth-order valence-corrected chi connectivity index (χ4v) is 1.90. The Hall–Kier alpha value is -1.60. The van der Waals surface area contributed by atoms with Gasteiger partial charge in [0.25, 0.3) is 0 Å². The van der Waals surface area contributed by atoms with Crippen molar-refractivity contribution in [2.24, 2.45) is 0 Å². The van der Waals surface area contributed by atoms with Crippen molar-refractivity contribution >= 4 is 5.97 Å². The Kier molecular flexibility index (Phi) is 5.97. The maximum absolute atomic E-state index is 12.4. The van der Waals surface area contributed by atoms with Gasteiger partial charge in [-0.2, -0.15) is 13.2 Å². The van der Waals surface area contributed by atoms with Crippen LogP contribution in [-0.2, 0) is 17.8 Å². The van der Waals surface area contributed by atoms with Gasteiger partial charge in [0.2, 0.25) is 0 Å². The minimum absolute atomic E-state index is 0.0521. The quantitative estimate of drug-likeness (QED) is 0.802. The Morgan fingerprint density at radius 1 is 1.20 bits per heavy atom. The number of hydrogen-bond acceptors (Lipinski definition) is 3. The Bertz CT molecular complexity index is 449. The molecule has 0 aliphatic carbocycles. The largest absolute Gasteiger partial charge is 0.481 e. The highest BCUT2D eigenvalue weighted by atomic mass is 19.4. The number of carboxylic acid groups (broad SMARTS) is 1. The van der Waals surface area contributed by atoms with Gasteiger partial charge in [0.05, 0.1) is 19.6 Å². The highest BCUT2D eigenvalue weighted by Gasteiger charge is 2.30. The minimum atomic E-state index is -4.36. The molecule has 1 rings (SSSR count). The molecule has 0 saturated carbocycles. The first-order valence-corrected chi connectivity index (χ1v) is 6.00. The van der Waals surface area contributed by atoms with E-state index in [0.29, 0.717) is 11.1 Å². The normalized spacial score (nSPS) is 11.8. The predicted octanol–water partition coefficient (Wildman–Crippen LogP) is 1.67. The summed E-state index contributed by atoms with van der Waals surface area (Å²) in [4.78, 5) is 11.8. The van der Waals surface area contributed by atoms with E-state index < -0.39 is 25.3 Å². The maximum Gasteiger partial charge on any atom is 0.401 e. The van der Waals surface area contributed by atoms with Crippen LogP contribution in [0.15, 0.2) is 24.3 Å². The fourth-order valence-electron chi connectivity index (χ4n) is 1.90. The van der Waals surface area contributed by atoms with E-state index in [1.54, 1.807) is 24.3 Å². The second-order valence-electron chi connectivity index (χ2n) is 4.39. The van der Waals surface area contributed by atoms with Crippen molar-refractivity contribution in [3.05, 3.63) is 35.4 Å². The molecule has 0 bridgehead atoms. The summed E-state index contributed by atoms with van der Waals surface area (Å²) in [6, 6.07) is 6.46. The van der Waals surface area contributed by atoms with Gasteiger partial charge in [-0.05, 0) is 11.1 Å². The van der Waals surface area contributed by atoms with Gasteiger partial charge < -0.3 is 10.2 Å². The molecule has 0 aliphatic rings. The maximum atomic E-state index is 12.4. The molecular formula is C13H16F3NO3. The second kappa shape index (κ2) is 7.25. The van der Waals surface area contributed by atoms with Gasteiger partial charge in [-0.15, -0.1) is 0 Å². The van der Waals surface area contributed by atoms with Gasteiger partial charge in [-0.25, -0.2) is 0 Å². The monoisotopic (exact) mass is 291 g/mol. The van der Waals surface area contributed by atoms with E-state index in [1.807, 2.05) is 0 Å². The molecule has 0 unspecified atom stereocenters. The van der Waals surface area contributed by atoms with Crippen LogP contribution in [0.25, 0.3) is 0 Å².